The Kier molecular flexibility index (Phi) is 4.15. The average molecular weight is 265 g/mol. The molecule has 0 spiro atoms. The maximum absolute atomic E-state index is 5.52. The Labute approximate surface area is 114 Å². The summed E-state index contributed by atoms with van der Waals surface area (Å²) in [5, 5.41) is 4.30. The predicted octanol–water partition coefficient (Wildman–Crippen LogP) is 1.71. The molecule has 0 aliphatic carbocycles. The van der Waals surface area contributed by atoms with Gasteiger partial charge in [-0.3, -0.25) is 9.58 Å². The van der Waals surface area contributed by atoms with Gasteiger partial charge in [-0.1, -0.05) is 6.42 Å². The molecule has 19 heavy (non-hydrogen) atoms. The van der Waals surface area contributed by atoms with Gasteiger partial charge in [-0.25, -0.2) is 0 Å². The molecule has 5 heteroatoms. The third kappa shape index (κ3) is 3.16. The van der Waals surface area contributed by atoms with Crippen molar-refractivity contribution < 1.29 is 9.47 Å². The highest BCUT2D eigenvalue weighted by Crippen LogP contribution is 2.30. The molecule has 1 unspecified atom stereocenters. The first-order chi connectivity index (χ1) is 9.33. The molecule has 0 N–H and O–H groups in total. The highest BCUT2D eigenvalue weighted by Gasteiger charge is 2.26. The van der Waals surface area contributed by atoms with E-state index in [9.17, 15) is 0 Å². The van der Waals surface area contributed by atoms with Crippen LogP contribution in [-0.2, 0) is 16.5 Å². The van der Waals surface area contributed by atoms with Crippen LogP contribution in [-0.4, -0.2) is 47.3 Å². The molecule has 2 fully saturated rings. The van der Waals surface area contributed by atoms with E-state index in [4.69, 9.17) is 9.47 Å². The first-order valence-corrected chi connectivity index (χ1v) is 7.29. The van der Waals surface area contributed by atoms with E-state index in [1.165, 1.54) is 31.4 Å². The monoisotopic (exact) mass is 265 g/mol. The van der Waals surface area contributed by atoms with Gasteiger partial charge in [-0.05, 0) is 19.4 Å². The van der Waals surface area contributed by atoms with E-state index in [2.05, 4.69) is 16.2 Å². The van der Waals surface area contributed by atoms with Crippen LogP contribution in [0.4, 0.5) is 0 Å². The standard InChI is InChI=1S/C14H23N3O2/c1-16-11-12(10-15-16)13-4-2-3-6-17(13)7-5-14-18-8-9-19-14/h10-11,13-14H,2-9H2,1H3. The molecule has 1 aromatic rings. The van der Waals surface area contributed by atoms with E-state index < -0.39 is 0 Å². The molecule has 2 aliphatic rings. The Morgan fingerprint density at radius 3 is 2.89 bits per heavy atom. The van der Waals surface area contributed by atoms with Gasteiger partial charge in [-0.15, -0.1) is 0 Å². The van der Waals surface area contributed by atoms with Crippen molar-refractivity contribution in [3.63, 3.8) is 0 Å². The zero-order chi connectivity index (χ0) is 13.1. The maximum Gasteiger partial charge on any atom is 0.159 e. The van der Waals surface area contributed by atoms with E-state index in [-0.39, 0.29) is 6.29 Å². The average Bonchev–Trinajstić information content (AvgIpc) is 3.08. The fourth-order valence-corrected chi connectivity index (χ4v) is 3.09. The topological polar surface area (TPSA) is 39.5 Å². The zero-order valence-electron chi connectivity index (χ0n) is 11.6. The minimum Gasteiger partial charge on any atom is -0.350 e. The lowest BCUT2D eigenvalue weighted by Gasteiger charge is -2.35. The maximum atomic E-state index is 5.52. The van der Waals surface area contributed by atoms with Crippen LogP contribution >= 0.6 is 0 Å². The zero-order valence-corrected chi connectivity index (χ0v) is 11.6. The van der Waals surface area contributed by atoms with Gasteiger partial charge in [-0.2, -0.15) is 5.10 Å². The lowest BCUT2D eigenvalue weighted by molar-refractivity contribution is -0.0548. The largest absolute Gasteiger partial charge is 0.350 e. The van der Waals surface area contributed by atoms with Crippen molar-refractivity contribution in [3.8, 4) is 0 Å². The molecular formula is C14H23N3O2. The van der Waals surface area contributed by atoms with Crippen LogP contribution in [0.3, 0.4) is 0 Å². The minimum atomic E-state index is 0.0106. The molecule has 0 aromatic carbocycles. The van der Waals surface area contributed by atoms with Crippen LogP contribution in [0.5, 0.6) is 0 Å². The molecule has 5 nitrogen and oxygen atoms in total. The van der Waals surface area contributed by atoms with Crippen LogP contribution in [0.15, 0.2) is 12.4 Å². The summed E-state index contributed by atoms with van der Waals surface area (Å²) >= 11 is 0. The lowest BCUT2D eigenvalue weighted by Crippen LogP contribution is -2.35. The van der Waals surface area contributed by atoms with Gasteiger partial charge in [0.2, 0.25) is 0 Å². The van der Waals surface area contributed by atoms with E-state index in [0.717, 1.165) is 26.2 Å². The molecule has 106 valence electrons. The second-order valence-electron chi connectivity index (χ2n) is 5.45. The third-order valence-corrected chi connectivity index (χ3v) is 4.07. The fraction of sp³-hybridized carbons (Fsp3) is 0.786. The van der Waals surface area contributed by atoms with Crippen molar-refractivity contribution in [1.29, 1.82) is 0 Å². The number of ether oxygens (including phenoxy) is 2. The van der Waals surface area contributed by atoms with Gasteiger partial charge < -0.3 is 9.47 Å². The first kappa shape index (κ1) is 13.1. The Hall–Kier alpha value is -0.910. The normalized spacial score (nSPS) is 26.1. The van der Waals surface area contributed by atoms with Gasteiger partial charge in [0.05, 0.1) is 19.4 Å². The molecule has 0 amide bonds. The SMILES string of the molecule is Cn1cc(C2CCCCN2CCC2OCCO2)cn1. The number of hydrogen-bond acceptors (Lipinski definition) is 4. The molecule has 2 aliphatic heterocycles. The number of aryl methyl sites for hydroxylation is 1. The van der Waals surface area contributed by atoms with Gasteiger partial charge in [0, 0.05) is 37.8 Å². The van der Waals surface area contributed by atoms with Gasteiger partial charge in [0.15, 0.2) is 6.29 Å². The summed E-state index contributed by atoms with van der Waals surface area (Å²) < 4.78 is 12.9. The van der Waals surface area contributed by atoms with Crippen molar-refractivity contribution in [3.05, 3.63) is 18.0 Å². The second-order valence-corrected chi connectivity index (χ2v) is 5.45. The third-order valence-electron chi connectivity index (χ3n) is 4.07. The Morgan fingerprint density at radius 2 is 2.16 bits per heavy atom. The van der Waals surface area contributed by atoms with E-state index in [1.54, 1.807) is 0 Å². The highest BCUT2D eigenvalue weighted by atomic mass is 16.7. The van der Waals surface area contributed by atoms with Crippen molar-refractivity contribution >= 4 is 0 Å². The summed E-state index contributed by atoms with van der Waals surface area (Å²) in [4.78, 5) is 2.56. The van der Waals surface area contributed by atoms with Crippen molar-refractivity contribution in [2.75, 3.05) is 26.3 Å². The summed E-state index contributed by atoms with van der Waals surface area (Å²) in [5.41, 5.74) is 1.34. The van der Waals surface area contributed by atoms with Crippen LogP contribution < -0.4 is 0 Å². The molecule has 1 aromatic heterocycles. The van der Waals surface area contributed by atoms with E-state index in [1.807, 2.05) is 17.9 Å². The Morgan fingerprint density at radius 1 is 1.32 bits per heavy atom. The molecule has 2 saturated heterocycles. The Balaban J connectivity index is 1.60. The molecule has 0 saturated carbocycles. The van der Waals surface area contributed by atoms with E-state index in [0.29, 0.717) is 6.04 Å². The molecular weight excluding hydrogens is 242 g/mol. The number of nitrogens with zero attached hydrogens (tertiary/aromatic N) is 3. The number of hydrogen-bond donors (Lipinski definition) is 0. The summed E-state index contributed by atoms with van der Waals surface area (Å²) in [6.07, 6.45) is 8.97. The van der Waals surface area contributed by atoms with Gasteiger partial charge in [0.1, 0.15) is 0 Å². The molecule has 3 rings (SSSR count). The summed E-state index contributed by atoms with van der Waals surface area (Å²) in [7, 11) is 1.98. The second kappa shape index (κ2) is 6.03. The molecule has 0 radical (unpaired) electrons. The van der Waals surface area contributed by atoms with Crippen LogP contribution in [0.2, 0.25) is 0 Å². The number of rotatable bonds is 4. The van der Waals surface area contributed by atoms with Crippen molar-refractivity contribution in [2.24, 2.45) is 7.05 Å². The number of piperidine rings is 1. The first-order valence-electron chi connectivity index (χ1n) is 7.29. The van der Waals surface area contributed by atoms with E-state index >= 15 is 0 Å². The fourth-order valence-electron chi connectivity index (χ4n) is 3.09. The quantitative estimate of drug-likeness (QED) is 0.831. The Bertz CT molecular complexity index is 401. The minimum absolute atomic E-state index is 0.0106. The van der Waals surface area contributed by atoms with Crippen molar-refractivity contribution in [2.45, 2.75) is 38.0 Å². The van der Waals surface area contributed by atoms with Gasteiger partial charge in [0.25, 0.3) is 0 Å². The number of likely N-dealkylation sites (tertiary alicyclic amines) is 1. The molecule has 3 heterocycles. The van der Waals surface area contributed by atoms with Crippen LogP contribution in [0, 0.1) is 0 Å². The predicted molar refractivity (Wildman–Crippen MR) is 71.7 cm³/mol. The summed E-state index contributed by atoms with van der Waals surface area (Å²) in [6.45, 7) is 3.71. The molecule has 0 bridgehead atoms. The highest BCUT2D eigenvalue weighted by molar-refractivity contribution is 5.11. The van der Waals surface area contributed by atoms with Crippen LogP contribution in [0.25, 0.3) is 0 Å². The molecule has 1 atom stereocenters. The van der Waals surface area contributed by atoms with Gasteiger partial charge >= 0.3 is 0 Å². The van der Waals surface area contributed by atoms with Crippen molar-refractivity contribution in [1.82, 2.24) is 14.7 Å². The number of aromatic nitrogens is 2. The van der Waals surface area contributed by atoms with Crippen LogP contribution in [0.1, 0.15) is 37.3 Å². The lowest BCUT2D eigenvalue weighted by atomic mass is 9.97. The summed E-state index contributed by atoms with van der Waals surface area (Å²) in [5.74, 6) is 0. The summed E-state index contributed by atoms with van der Waals surface area (Å²) in [6, 6.07) is 0.517. The smallest absolute Gasteiger partial charge is 0.159 e.